The first kappa shape index (κ1) is 54.1. The fourth-order valence-electron chi connectivity index (χ4n) is 2.87. The zero-order valence-electron chi connectivity index (χ0n) is 24.5. The van der Waals surface area contributed by atoms with E-state index < -0.39 is 11.4 Å². The topological polar surface area (TPSA) is 110 Å². The first-order chi connectivity index (χ1) is 22.0. The van der Waals surface area contributed by atoms with E-state index in [0.717, 1.165) is 51.4 Å². The molecule has 7 nitrogen and oxygen atoms in total. The molecule has 0 saturated heterocycles. The number of carboxylic acids is 1. The van der Waals surface area contributed by atoms with Crippen molar-refractivity contribution in [1.82, 2.24) is 0 Å². The molecule has 27 heteroatoms. The van der Waals surface area contributed by atoms with Gasteiger partial charge in [0.15, 0.2) is 0 Å². The van der Waals surface area contributed by atoms with E-state index in [1.54, 1.807) is 107 Å². The highest BCUT2D eigenvalue weighted by molar-refractivity contribution is 8.74. The first-order valence-electron chi connectivity index (χ1n) is 12.2. The molecular weight excluding hydrogens is 994 g/mol. The van der Waals surface area contributed by atoms with Crippen LogP contribution in [0.2, 0.25) is 0 Å². The van der Waals surface area contributed by atoms with E-state index in [4.69, 9.17) is 10.2 Å². The molecular formula is C20H36O7S20. The van der Waals surface area contributed by atoms with Crippen LogP contribution in [0.3, 0.4) is 0 Å². The summed E-state index contributed by atoms with van der Waals surface area (Å²) in [4.78, 5) is 32.0. The zero-order valence-corrected chi connectivity index (χ0v) is 40.8. The van der Waals surface area contributed by atoms with E-state index in [1.807, 2.05) is 13.8 Å². The number of hydrogen-bond acceptors (Lipinski definition) is 10. The molecule has 0 amide bonds. The van der Waals surface area contributed by atoms with Crippen molar-refractivity contribution in [3.8, 4) is 0 Å². The van der Waals surface area contributed by atoms with Crippen molar-refractivity contribution in [1.29, 1.82) is 0 Å². The fraction of sp³-hybridized carbons (Fsp3) is 0.850. The van der Waals surface area contributed by atoms with Gasteiger partial charge < -0.3 is 19.7 Å². The number of carboxylic acid groups (broad SMARTS) is 1. The number of rotatable bonds is 6. The van der Waals surface area contributed by atoms with Gasteiger partial charge in [0.1, 0.15) is 0 Å². The Morgan fingerprint density at radius 2 is 0.809 bits per heavy atom. The number of methoxy groups -OCH3 is 2. The van der Waals surface area contributed by atoms with Gasteiger partial charge in [-0.2, -0.15) is 0 Å². The van der Waals surface area contributed by atoms with Crippen molar-refractivity contribution in [3.63, 3.8) is 0 Å². The number of esters is 2. The third-order valence-electron chi connectivity index (χ3n) is 6.30. The predicted octanol–water partition coefficient (Wildman–Crippen LogP) is 3.13. The Labute approximate surface area is 343 Å². The van der Waals surface area contributed by atoms with Crippen LogP contribution in [0.1, 0.15) is 72.6 Å². The molecule has 3 aliphatic carbocycles. The minimum Gasteiger partial charge on any atom is -0.481 e. The average molecular weight is 1030 g/mol. The fourth-order valence-corrected chi connectivity index (χ4v) is 35.8. The van der Waals surface area contributed by atoms with E-state index in [1.165, 1.54) is 49.7 Å². The van der Waals surface area contributed by atoms with Crippen LogP contribution in [-0.4, -0.2) is 48.9 Å². The van der Waals surface area contributed by atoms with Gasteiger partial charge in [-0.15, -0.1) is 0 Å². The highest BCUT2D eigenvalue weighted by Crippen LogP contribution is 2.49. The Hall–Kier alpha value is 2.77. The molecule has 2 N–H and O–H groups in total. The summed E-state index contributed by atoms with van der Waals surface area (Å²) >= 11 is 18.6. The number of carbonyl (C=O) groups is 3. The molecule has 3 aliphatic rings. The molecule has 0 atom stereocenters. The molecule has 0 radical (unpaired) electrons. The second-order valence-electron chi connectivity index (χ2n) is 8.58. The summed E-state index contributed by atoms with van der Waals surface area (Å²) in [6.07, 6.45) is 7.10. The van der Waals surface area contributed by atoms with Gasteiger partial charge in [-0.1, -0.05) is 21.3 Å². The minimum atomic E-state index is -0.611. The molecule has 0 aromatic rings. The Morgan fingerprint density at radius 3 is 0.915 bits per heavy atom. The summed E-state index contributed by atoms with van der Waals surface area (Å²) in [5.41, 5.74) is -0.858. The maximum Gasteiger partial charge on any atom is 0.314 e. The largest absolute Gasteiger partial charge is 0.481 e. The van der Waals surface area contributed by atoms with Gasteiger partial charge in [-0.05, 0) is 51.4 Å². The average Bonchev–Trinajstić information content (AvgIpc) is 3.96. The monoisotopic (exact) mass is 1030 g/mol. The molecule has 0 aromatic heterocycles. The van der Waals surface area contributed by atoms with Crippen molar-refractivity contribution in [2.45, 2.75) is 72.6 Å². The standard InChI is InChI=1S/C7H12O2.C6H10O3.C6H10O2.CH4.S11.S9/c1-3-7(4-5-7)6(8)9-2;1-9-5(8)6(4-7)2-3-6;1-2-6(3-4-6)5(7)8;;1-3-5-7-9-11-10-8-6-4-2;1-3-5-7-9-8-6-4-2/h3-5H2,1-2H3;7H,2-4H2,1H3;2-4H2,1H3,(H,7,8);1H4;;. The molecule has 0 heterocycles. The predicted molar refractivity (Wildman–Crippen MR) is 248 cm³/mol. The van der Waals surface area contributed by atoms with Crippen molar-refractivity contribution in [3.05, 3.63) is 0 Å². The van der Waals surface area contributed by atoms with Crippen LogP contribution in [0.5, 0.6) is 0 Å². The highest BCUT2D eigenvalue weighted by Gasteiger charge is 2.51. The SMILES string of the molecule is C.CCC1(C(=O)O)CC1.CCC1(C(=O)OC)CC1.COC(=O)C1(CO)CC1.S=S=S=S=S=S=S=S=S.S=S=S=S=S=S=S=S=S=S=S. The molecule has 3 saturated carbocycles. The number of aliphatic hydroxyl groups excluding tert-OH is 1. The summed E-state index contributed by atoms with van der Waals surface area (Å²) in [6.45, 7) is 3.89. The smallest absolute Gasteiger partial charge is 0.314 e. The summed E-state index contributed by atoms with van der Waals surface area (Å²) < 4.78 is 9.10. The lowest BCUT2D eigenvalue weighted by molar-refractivity contribution is -0.149. The summed E-state index contributed by atoms with van der Waals surface area (Å²) in [6, 6.07) is 0. The third kappa shape index (κ3) is 27.1. The number of ether oxygens (including phenoxy) is 2. The van der Waals surface area contributed by atoms with E-state index in [-0.39, 0.29) is 36.8 Å². The Balaban J connectivity index is -0.000000514. The van der Waals surface area contributed by atoms with Crippen LogP contribution < -0.4 is 0 Å². The molecule has 47 heavy (non-hydrogen) atoms. The van der Waals surface area contributed by atoms with Gasteiger partial charge in [0, 0.05) is 187 Å². The molecule has 0 bridgehead atoms. The Kier molecular flexibility index (Phi) is 39.8. The highest BCUT2D eigenvalue weighted by atomic mass is 33.4. The van der Waals surface area contributed by atoms with Gasteiger partial charge in [0.2, 0.25) is 0 Å². The molecule has 0 unspecified atom stereocenters. The third-order valence-corrected chi connectivity index (χ3v) is 37.4. The van der Waals surface area contributed by atoms with Crippen LogP contribution >= 0.6 is 0 Å². The van der Waals surface area contributed by atoms with Gasteiger partial charge in [-0.3, -0.25) is 14.4 Å². The van der Waals surface area contributed by atoms with Crippen LogP contribution in [0.25, 0.3) is 0 Å². The van der Waals surface area contributed by atoms with E-state index in [2.05, 4.69) is 54.2 Å². The maximum absolute atomic E-state index is 10.9. The van der Waals surface area contributed by atoms with Crippen LogP contribution in [0.15, 0.2) is 0 Å². The number of aliphatic carboxylic acids is 1. The number of aliphatic hydroxyl groups is 1. The molecule has 3 fully saturated rings. The summed E-state index contributed by atoms with van der Waals surface area (Å²) in [5, 5.41) is 17.2. The van der Waals surface area contributed by atoms with Crippen molar-refractivity contribution >= 4 is 205 Å². The lowest BCUT2D eigenvalue weighted by atomic mass is 10.1. The Morgan fingerprint density at radius 1 is 0.553 bits per heavy atom. The van der Waals surface area contributed by atoms with Gasteiger partial charge in [-0.25, -0.2) is 0 Å². The van der Waals surface area contributed by atoms with Crippen LogP contribution in [0.4, 0.5) is 0 Å². The Bertz CT molecular complexity index is 1610. The number of hydrogen-bond donors (Lipinski definition) is 2. The lowest BCUT2D eigenvalue weighted by Crippen LogP contribution is -2.20. The molecule has 278 valence electrons. The molecule has 0 aromatic carbocycles. The van der Waals surface area contributed by atoms with Crippen molar-refractivity contribution < 1.29 is 34.1 Å². The van der Waals surface area contributed by atoms with Crippen molar-refractivity contribution in [2.75, 3.05) is 20.8 Å². The van der Waals surface area contributed by atoms with Gasteiger partial charge in [0.05, 0.1) is 37.1 Å². The van der Waals surface area contributed by atoms with Crippen molar-refractivity contribution in [2.24, 2.45) is 16.2 Å². The van der Waals surface area contributed by atoms with Gasteiger partial charge in [0.25, 0.3) is 0 Å². The molecule has 0 aliphatic heterocycles. The van der Waals surface area contributed by atoms with Gasteiger partial charge >= 0.3 is 17.9 Å². The van der Waals surface area contributed by atoms with E-state index in [9.17, 15) is 14.4 Å². The number of carbonyl (C=O) groups excluding carboxylic acids is 2. The van der Waals surface area contributed by atoms with E-state index in [0.29, 0.717) is 0 Å². The normalized spacial score (nSPS) is 14.8. The quantitative estimate of drug-likeness (QED) is 0.384. The second kappa shape index (κ2) is 34.5. The molecule has 3 rings (SSSR count). The summed E-state index contributed by atoms with van der Waals surface area (Å²) in [7, 11) is 28.2. The maximum atomic E-state index is 10.9. The van der Waals surface area contributed by atoms with E-state index >= 15 is 0 Å². The lowest BCUT2D eigenvalue weighted by Gasteiger charge is -2.07. The summed E-state index contributed by atoms with van der Waals surface area (Å²) in [5.74, 6) is -0.907. The first-order valence-corrected chi connectivity index (χ1v) is 36.2. The van der Waals surface area contributed by atoms with Crippen LogP contribution in [0, 0.1) is 16.2 Å². The van der Waals surface area contributed by atoms with Crippen LogP contribution in [-0.2, 0) is 211 Å². The second-order valence-corrected chi connectivity index (χ2v) is 36.9. The minimum absolute atomic E-state index is 0. The zero-order chi connectivity index (χ0) is 35.3. The molecule has 0 spiro atoms.